The molecule has 0 aromatic rings. The summed E-state index contributed by atoms with van der Waals surface area (Å²) in [5.41, 5.74) is 0. The number of aliphatic hydroxyl groups excluding tert-OH is 1. The highest BCUT2D eigenvalue weighted by atomic mass is 35.5. The predicted octanol–water partition coefficient (Wildman–Crippen LogP) is -3.22. The van der Waals surface area contributed by atoms with E-state index in [1.807, 2.05) is 0 Å². The van der Waals surface area contributed by atoms with Gasteiger partial charge < -0.3 is 26.7 Å². The maximum absolute atomic E-state index is 9.81. The molecule has 0 saturated carbocycles. The highest BCUT2D eigenvalue weighted by molar-refractivity contribution is 5.82. The van der Waals surface area contributed by atoms with Crippen LogP contribution in [0.4, 0.5) is 0 Å². The standard InChI is InChI=1S/C5H14NO.C4H6O3.ClH/c1-6(2,3)4-5-7;1-3(5)7-4(2)6;/h7H,4-5H2,1-3H3;1-2H3;1H/q+1;;/p-1. The van der Waals surface area contributed by atoms with Crippen LogP contribution in [0.1, 0.15) is 13.8 Å². The fourth-order valence-corrected chi connectivity index (χ4v) is 0.502. The van der Waals surface area contributed by atoms with E-state index in [0.29, 0.717) is 0 Å². The van der Waals surface area contributed by atoms with Crippen molar-refractivity contribution < 1.29 is 36.3 Å². The van der Waals surface area contributed by atoms with Crippen LogP contribution in [0.15, 0.2) is 0 Å². The van der Waals surface area contributed by atoms with E-state index in [2.05, 4.69) is 25.9 Å². The molecule has 0 rings (SSSR count). The lowest BCUT2D eigenvalue weighted by atomic mass is 10.5. The van der Waals surface area contributed by atoms with Gasteiger partial charge in [-0.1, -0.05) is 0 Å². The molecule has 0 unspecified atom stereocenters. The zero-order valence-corrected chi connectivity index (χ0v) is 10.7. The molecule has 0 aliphatic rings. The van der Waals surface area contributed by atoms with E-state index < -0.39 is 11.9 Å². The van der Waals surface area contributed by atoms with Gasteiger partial charge in [-0.3, -0.25) is 9.59 Å². The van der Waals surface area contributed by atoms with Crippen LogP contribution in [0, 0.1) is 0 Å². The lowest BCUT2D eigenvalue weighted by Gasteiger charge is -2.21. The van der Waals surface area contributed by atoms with Gasteiger partial charge in [-0.2, -0.15) is 0 Å². The molecule has 0 aliphatic heterocycles. The number of carbonyl (C=O) groups is 2. The molecule has 0 aromatic heterocycles. The second-order valence-electron chi connectivity index (χ2n) is 3.82. The Bertz CT molecular complexity index is 177. The Labute approximate surface area is 97.0 Å². The van der Waals surface area contributed by atoms with Gasteiger partial charge in [0.25, 0.3) is 0 Å². The van der Waals surface area contributed by atoms with Gasteiger partial charge in [0.2, 0.25) is 0 Å². The molecule has 92 valence electrons. The molecule has 1 N–H and O–H groups in total. The number of carbonyl (C=O) groups excluding carboxylic acids is 2. The third-order valence-electron chi connectivity index (χ3n) is 1.06. The number of halogens is 1. The van der Waals surface area contributed by atoms with E-state index in [1.54, 1.807) is 0 Å². The van der Waals surface area contributed by atoms with E-state index in [0.717, 1.165) is 11.0 Å². The summed E-state index contributed by atoms with van der Waals surface area (Å²) in [6.07, 6.45) is 0. The molecule has 0 spiro atoms. The number of quaternary nitrogens is 1. The number of hydrogen-bond acceptors (Lipinski definition) is 4. The third kappa shape index (κ3) is 31.8. The molecular formula is C9H20ClNO4. The molecule has 0 saturated heterocycles. The zero-order valence-electron chi connectivity index (χ0n) is 9.91. The van der Waals surface area contributed by atoms with E-state index in [-0.39, 0.29) is 19.0 Å². The molecule has 0 atom stereocenters. The largest absolute Gasteiger partial charge is 1.00 e. The molecule has 0 heterocycles. The summed E-state index contributed by atoms with van der Waals surface area (Å²) >= 11 is 0. The van der Waals surface area contributed by atoms with Crippen molar-refractivity contribution in [2.75, 3.05) is 34.3 Å². The number of aliphatic hydroxyl groups is 1. The third-order valence-corrected chi connectivity index (χ3v) is 1.06. The molecule has 0 aromatic carbocycles. The fourth-order valence-electron chi connectivity index (χ4n) is 0.502. The molecule has 0 radical (unpaired) electrons. The SMILES string of the molecule is CC(=O)OC(C)=O.C[N+](C)(C)CCO.[Cl-]. The van der Waals surface area contributed by atoms with Crippen LogP contribution in [0.3, 0.4) is 0 Å². The Morgan fingerprint density at radius 3 is 1.47 bits per heavy atom. The molecule has 15 heavy (non-hydrogen) atoms. The van der Waals surface area contributed by atoms with Crippen molar-refractivity contribution in [3.05, 3.63) is 0 Å². The van der Waals surface area contributed by atoms with Gasteiger partial charge in [-0.25, -0.2) is 0 Å². The molecule has 5 nitrogen and oxygen atoms in total. The maximum atomic E-state index is 9.81. The fraction of sp³-hybridized carbons (Fsp3) is 0.778. The summed E-state index contributed by atoms with van der Waals surface area (Å²) in [4.78, 5) is 19.6. The van der Waals surface area contributed by atoms with Crippen molar-refractivity contribution >= 4 is 11.9 Å². The summed E-state index contributed by atoms with van der Waals surface area (Å²) in [6, 6.07) is 0. The topological polar surface area (TPSA) is 63.6 Å². The Morgan fingerprint density at radius 2 is 1.47 bits per heavy atom. The van der Waals surface area contributed by atoms with E-state index in [4.69, 9.17) is 5.11 Å². The molecule has 0 fully saturated rings. The zero-order chi connectivity index (χ0) is 11.8. The van der Waals surface area contributed by atoms with Crippen molar-refractivity contribution in [1.82, 2.24) is 0 Å². The lowest BCUT2D eigenvalue weighted by molar-refractivity contribution is -0.870. The van der Waals surface area contributed by atoms with Gasteiger partial charge in [0.15, 0.2) is 0 Å². The normalized spacial score (nSPS) is 9.20. The Hall–Kier alpha value is -0.650. The van der Waals surface area contributed by atoms with Gasteiger partial charge in [0.05, 0.1) is 27.7 Å². The summed E-state index contributed by atoms with van der Waals surface area (Å²) in [6.45, 7) is 3.48. The smallest absolute Gasteiger partial charge is 0.310 e. The second kappa shape index (κ2) is 9.89. The quantitative estimate of drug-likeness (QED) is 0.314. The van der Waals surface area contributed by atoms with Crippen LogP contribution in [-0.2, 0) is 14.3 Å². The number of likely N-dealkylation sites (N-methyl/N-ethyl adjacent to an activating group) is 1. The minimum absolute atomic E-state index is 0. The van der Waals surface area contributed by atoms with E-state index >= 15 is 0 Å². The van der Waals surface area contributed by atoms with Gasteiger partial charge >= 0.3 is 11.9 Å². The van der Waals surface area contributed by atoms with Gasteiger partial charge in [-0.15, -0.1) is 0 Å². The molecule has 0 bridgehead atoms. The highest BCUT2D eigenvalue weighted by Crippen LogP contribution is 1.84. The maximum Gasteiger partial charge on any atom is 0.310 e. The van der Waals surface area contributed by atoms with E-state index in [9.17, 15) is 9.59 Å². The van der Waals surface area contributed by atoms with Crippen LogP contribution in [0.5, 0.6) is 0 Å². The first-order valence-electron chi connectivity index (χ1n) is 4.29. The van der Waals surface area contributed by atoms with Crippen molar-refractivity contribution in [1.29, 1.82) is 0 Å². The van der Waals surface area contributed by atoms with Crippen molar-refractivity contribution in [3.63, 3.8) is 0 Å². The van der Waals surface area contributed by atoms with Crippen molar-refractivity contribution in [3.8, 4) is 0 Å². The number of rotatable bonds is 2. The minimum Gasteiger partial charge on any atom is -1.00 e. The van der Waals surface area contributed by atoms with Crippen LogP contribution < -0.4 is 12.4 Å². The summed E-state index contributed by atoms with van der Waals surface area (Å²) in [5, 5.41) is 8.39. The number of nitrogens with zero attached hydrogens (tertiary/aromatic N) is 1. The summed E-state index contributed by atoms with van der Waals surface area (Å²) in [7, 11) is 6.16. The van der Waals surface area contributed by atoms with Gasteiger partial charge in [0.1, 0.15) is 6.54 Å². The predicted molar refractivity (Wildman–Crippen MR) is 52.4 cm³/mol. The first-order chi connectivity index (χ1) is 6.19. The van der Waals surface area contributed by atoms with Crippen LogP contribution in [0.2, 0.25) is 0 Å². The Morgan fingerprint density at radius 1 is 1.13 bits per heavy atom. The van der Waals surface area contributed by atoms with Gasteiger partial charge in [0, 0.05) is 13.8 Å². The van der Waals surface area contributed by atoms with Crippen molar-refractivity contribution in [2.45, 2.75) is 13.8 Å². The van der Waals surface area contributed by atoms with Crippen molar-refractivity contribution in [2.24, 2.45) is 0 Å². The number of hydrogen-bond donors (Lipinski definition) is 1. The van der Waals surface area contributed by atoms with Crippen LogP contribution >= 0.6 is 0 Å². The first-order valence-corrected chi connectivity index (χ1v) is 4.29. The van der Waals surface area contributed by atoms with Gasteiger partial charge in [-0.05, 0) is 0 Å². The second-order valence-corrected chi connectivity index (χ2v) is 3.82. The molecule has 6 heteroatoms. The Kier molecular flexibility index (Phi) is 13.1. The Balaban J connectivity index is -0.000000180. The highest BCUT2D eigenvalue weighted by Gasteiger charge is 2.02. The lowest BCUT2D eigenvalue weighted by Crippen LogP contribution is -3.00. The van der Waals surface area contributed by atoms with E-state index in [1.165, 1.54) is 13.8 Å². The molecular weight excluding hydrogens is 222 g/mol. The summed E-state index contributed by atoms with van der Waals surface area (Å²) < 4.78 is 4.82. The number of esters is 2. The van der Waals surface area contributed by atoms with Crippen LogP contribution in [0.25, 0.3) is 0 Å². The molecule has 0 amide bonds. The number of ether oxygens (including phenoxy) is 1. The van der Waals surface area contributed by atoms with Crippen LogP contribution in [-0.4, -0.2) is 55.8 Å². The minimum atomic E-state index is -0.562. The monoisotopic (exact) mass is 241 g/mol. The average Bonchev–Trinajstić information content (AvgIpc) is 1.80. The molecule has 0 aliphatic carbocycles. The average molecular weight is 242 g/mol. The summed E-state index contributed by atoms with van der Waals surface area (Å²) in [5.74, 6) is -1.12. The first kappa shape index (κ1) is 19.9.